The molecule has 0 atom stereocenters. The highest BCUT2D eigenvalue weighted by molar-refractivity contribution is 7.92. The number of piperazine rings is 1. The van der Waals surface area contributed by atoms with Gasteiger partial charge in [-0.05, 0) is 35.9 Å². The van der Waals surface area contributed by atoms with Crippen LogP contribution in [0, 0.1) is 11.6 Å². The van der Waals surface area contributed by atoms with E-state index in [1.807, 2.05) is 6.07 Å². The molecule has 0 aliphatic carbocycles. The van der Waals surface area contributed by atoms with E-state index in [1.165, 1.54) is 32.8 Å². The van der Waals surface area contributed by atoms with Crippen LogP contribution >= 0.6 is 0 Å². The largest absolute Gasteiger partial charge is 0.492 e. The third-order valence-electron chi connectivity index (χ3n) is 6.77. The van der Waals surface area contributed by atoms with Crippen molar-refractivity contribution in [3.05, 3.63) is 79.0 Å². The summed E-state index contributed by atoms with van der Waals surface area (Å²) in [6.07, 6.45) is 2.98. The van der Waals surface area contributed by atoms with Crippen molar-refractivity contribution < 1.29 is 31.5 Å². The number of halogens is 2. The van der Waals surface area contributed by atoms with Gasteiger partial charge in [0.25, 0.3) is 15.9 Å². The highest BCUT2D eigenvalue weighted by atomic mass is 32.2. The number of hydrogen-bond acceptors (Lipinski definition) is 9. The molecular weight excluding hydrogens is 570 g/mol. The normalized spacial score (nSPS) is 13.6. The number of fused-ring (bicyclic) bond motifs is 1. The molecule has 2 aromatic heterocycles. The van der Waals surface area contributed by atoms with Gasteiger partial charge in [-0.25, -0.2) is 32.2 Å². The van der Waals surface area contributed by atoms with E-state index in [-0.39, 0.29) is 23.2 Å². The molecule has 5 rings (SSSR count). The number of ether oxygens (including phenoxy) is 2. The Hall–Kier alpha value is -4.85. The van der Waals surface area contributed by atoms with Gasteiger partial charge in [-0.2, -0.15) is 0 Å². The van der Waals surface area contributed by atoms with Gasteiger partial charge < -0.3 is 19.3 Å². The maximum atomic E-state index is 14.3. The number of carbonyl (C=O) groups excluding carboxylic acids is 1. The van der Waals surface area contributed by atoms with Crippen molar-refractivity contribution in [3.8, 4) is 17.0 Å². The van der Waals surface area contributed by atoms with E-state index < -0.39 is 26.6 Å². The maximum absolute atomic E-state index is 14.3. The van der Waals surface area contributed by atoms with Crippen molar-refractivity contribution in [2.45, 2.75) is 4.90 Å². The van der Waals surface area contributed by atoms with Crippen molar-refractivity contribution >= 4 is 38.3 Å². The number of sulfonamides is 1. The Bertz CT molecular complexity index is 1800. The Morgan fingerprint density at radius 3 is 2.43 bits per heavy atom. The summed E-state index contributed by atoms with van der Waals surface area (Å²) in [6, 6.07) is 9.15. The average molecular weight is 597 g/mol. The molecule has 1 fully saturated rings. The lowest BCUT2D eigenvalue weighted by Crippen LogP contribution is -2.49. The Kier molecular flexibility index (Phi) is 7.89. The van der Waals surface area contributed by atoms with Crippen molar-refractivity contribution in [3.63, 3.8) is 0 Å². The summed E-state index contributed by atoms with van der Waals surface area (Å²) in [7, 11) is -1.72. The second kappa shape index (κ2) is 11.6. The molecule has 2 aromatic carbocycles. The summed E-state index contributed by atoms with van der Waals surface area (Å²) in [5.41, 5.74) is 1.84. The summed E-state index contributed by atoms with van der Waals surface area (Å²) in [4.78, 5) is 28.5. The van der Waals surface area contributed by atoms with Crippen LogP contribution in [0.25, 0.3) is 22.0 Å². The van der Waals surface area contributed by atoms with E-state index in [0.29, 0.717) is 54.7 Å². The molecule has 1 aliphatic rings. The molecule has 1 amide bonds. The lowest BCUT2D eigenvalue weighted by molar-refractivity contribution is -0.130. The standard InChI is InChI=1S/C28H26F2N6O5S/c1-17(40-2)28(37)36-10-8-35(9-11-36)26-21-12-18(4-6-23(21)32-16-33-26)19-13-24(27(41-3)31-15-19)34-42(38,39)25-7-5-20(29)14-22(25)30/h4-7,12-16,34H,1,8-11H2,2-3H3. The summed E-state index contributed by atoms with van der Waals surface area (Å²) in [5.74, 6) is -1.68. The van der Waals surface area contributed by atoms with E-state index >= 15 is 0 Å². The van der Waals surface area contributed by atoms with Crippen molar-refractivity contribution in [1.82, 2.24) is 19.9 Å². The highest BCUT2D eigenvalue weighted by Crippen LogP contribution is 2.33. The predicted molar refractivity (Wildman–Crippen MR) is 151 cm³/mol. The van der Waals surface area contributed by atoms with Crippen LogP contribution in [-0.4, -0.2) is 74.6 Å². The molecule has 218 valence electrons. The van der Waals surface area contributed by atoms with Crippen LogP contribution in [-0.2, 0) is 19.6 Å². The molecule has 1 aliphatic heterocycles. The SMILES string of the molecule is C=C(OC)C(=O)N1CCN(c2ncnc3ccc(-c4cnc(OC)c(NS(=O)(=O)c5ccc(F)cc5F)c4)cc23)CC1. The van der Waals surface area contributed by atoms with Gasteiger partial charge in [-0.3, -0.25) is 9.52 Å². The number of carbonyl (C=O) groups is 1. The highest BCUT2D eigenvalue weighted by Gasteiger charge is 2.26. The first-order chi connectivity index (χ1) is 20.1. The number of hydrogen-bond donors (Lipinski definition) is 1. The number of methoxy groups -OCH3 is 2. The van der Waals surface area contributed by atoms with E-state index in [1.54, 1.807) is 17.0 Å². The third kappa shape index (κ3) is 5.65. The van der Waals surface area contributed by atoms with Crippen molar-refractivity contribution in [2.24, 2.45) is 0 Å². The zero-order valence-corrected chi connectivity index (χ0v) is 23.5. The number of amides is 1. The van der Waals surface area contributed by atoms with Crippen LogP contribution in [0.15, 0.2) is 72.2 Å². The predicted octanol–water partition coefficient (Wildman–Crippen LogP) is 3.59. The minimum atomic E-state index is -4.45. The molecule has 0 bridgehead atoms. The Labute approximate surface area is 240 Å². The minimum absolute atomic E-state index is 0.0400. The van der Waals surface area contributed by atoms with Crippen molar-refractivity contribution in [2.75, 3.05) is 50.0 Å². The topological polar surface area (TPSA) is 127 Å². The zero-order valence-electron chi connectivity index (χ0n) is 22.7. The van der Waals surface area contributed by atoms with Gasteiger partial charge in [-0.15, -0.1) is 0 Å². The molecule has 0 radical (unpaired) electrons. The number of pyridine rings is 1. The molecule has 0 unspecified atom stereocenters. The molecular formula is C28H26F2N6O5S. The number of nitrogens with zero attached hydrogens (tertiary/aromatic N) is 5. The summed E-state index contributed by atoms with van der Waals surface area (Å²) in [6.45, 7) is 5.58. The molecule has 11 nitrogen and oxygen atoms in total. The van der Waals surface area contributed by atoms with Crippen molar-refractivity contribution in [1.29, 1.82) is 0 Å². The Morgan fingerprint density at radius 2 is 1.74 bits per heavy atom. The molecule has 1 N–H and O–H groups in total. The van der Waals surface area contributed by atoms with Gasteiger partial charge in [-0.1, -0.05) is 12.6 Å². The van der Waals surface area contributed by atoms with Crippen LogP contribution in [0.4, 0.5) is 20.3 Å². The van der Waals surface area contributed by atoms with E-state index in [4.69, 9.17) is 9.47 Å². The van der Waals surface area contributed by atoms with Gasteiger partial charge in [0.05, 0.1) is 19.7 Å². The second-order valence-electron chi connectivity index (χ2n) is 9.30. The summed E-state index contributed by atoms with van der Waals surface area (Å²) >= 11 is 0. The van der Waals surface area contributed by atoms with Gasteiger partial charge >= 0.3 is 0 Å². The van der Waals surface area contributed by atoms with Crippen LogP contribution in [0.5, 0.6) is 5.88 Å². The molecule has 14 heteroatoms. The second-order valence-corrected chi connectivity index (χ2v) is 10.9. The van der Waals surface area contributed by atoms with Gasteiger partial charge in [0.1, 0.15) is 34.4 Å². The van der Waals surface area contributed by atoms with Crippen LogP contribution in [0.2, 0.25) is 0 Å². The fraction of sp³-hybridized carbons (Fsp3) is 0.214. The number of benzene rings is 2. The Morgan fingerprint density at radius 1 is 0.976 bits per heavy atom. The quantitative estimate of drug-likeness (QED) is 0.240. The number of aromatic nitrogens is 3. The first kappa shape index (κ1) is 28.7. The van der Waals surface area contributed by atoms with Gasteiger partial charge in [0.2, 0.25) is 5.88 Å². The molecule has 0 spiro atoms. The maximum Gasteiger partial charge on any atom is 0.288 e. The fourth-order valence-electron chi connectivity index (χ4n) is 4.60. The van der Waals surface area contributed by atoms with Gasteiger partial charge in [0.15, 0.2) is 5.76 Å². The number of nitrogens with one attached hydrogen (secondary N) is 1. The van der Waals surface area contributed by atoms with Crippen LogP contribution < -0.4 is 14.4 Å². The number of rotatable bonds is 8. The molecule has 3 heterocycles. The monoisotopic (exact) mass is 596 g/mol. The lowest BCUT2D eigenvalue weighted by atomic mass is 10.0. The lowest BCUT2D eigenvalue weighted by Gasteiger charge is -2.35. The molecule has 42 heavy (non-hydrogen) atoms. The smallest absolute Gasteiger partial charge is 0.288 e. The van der Waals surface area contributed by atoms with Gasteiger partial charge in [0, 0.05) is 49.4 Å². The van der Waals surface area contributed by atoms with Crippen LogP contribution in [0.3, 0.4) is 0 Å². The van der Waals surface area contributed by atoms with E-state index in [2.05, 4.69) is 31.2 Å². The molecule has 4 aromatic rings. The molecule has 1 saturated heterocycles. The average Bonchev–Trinajstić information content (AvgIpc) is 2.99. The summed E-state index contributed by atoms with van der Waals surface area (Å²) < 4.78 is 66.0. The van der Waals surface area contributed by atoms with E-state index in [0.717, 1.165) is 17.5 Å². The first-order valence-corrected chi connectivity index (χ1v) is 14.1. The first-order valence-electron chi connectivity index (χ1n) is 12.7. The third-order valence-corrected chi connectivity index (χ3v) is 8.17. The van der Waals surface area contributed by atoms with Crippen LogP contribution in [0.1, 0.15) is 0 Å². The Balaban J connectivity index is 1.46. The zero-order chi connectivity index (χ0) is 30.0. The minimum Gasteiger partial charge on any atom is -0.492 e. The molecule has 0 saturated carbocycles. The fourth-order valence-corrected chi connectivity index (χ4v) is 5.71. The summed E-state index contributed by atoms with van der Waals surface area (Å²) in [5, 5.41) is 0.738. The number of anilines is 2. The van der Waals surface area contributed by atoms with E-state index in [9.17, 15) is 22.0 Å².